The molecule has 2 rings (SSSR count). The summed E-state index contributed by atoms with van der Waals surface area (Å²) >= 11 is 0. The zero-order valence-electron chi connectivity index (χ0n) is 12.8. The van der Waals surface area contributed by atoms with Gasteiger partial charge in [-0.05, 0) is 55.8 Å². The number of halogens is 1. The van der Waals surface area contributed by atoms with Gasteiger partial charge in [-0.3, -0.25) is 0 Å². The largest absolute Gasteiger partial charge is 0.508 e. The molecule has 0 aliphatic heterocycles. The van der Waals surface area contributed by atoms with Crippen molar-refractivity contribution in [1.29, 1.82) is 0 Å². The maximum Gasteiger partial charge on any atom is 0.123 e. The monoisotopic (exact) mass is 288 g/mol. The van der Waals surface area contributed by atoms with E-state index in [4.69, 9.17) is 0 Å². The lowest BCUT2D eigenvalue weighted by molar-refractivity contribution is 0.462. The van der Waals surface area contributed by atoms with E-state index >= 15 is 0 Å². The minimum absolute atomic E-state index is 0.0963. The van der Waals surface area contributed by atoms with Crippen LogP contribution >= 0.6 is 0 Å². The SMILES string of the molecule is Cc1cc(N(C)C)ccc1NC(C)c1cc(F)ccc1O. The number of benzene rings is 2. The normalized spacial score (nSPS) is 12.0. The van der Waals surface area contributed by atoms with Gasteiger partial charge in [-0.15, -0.1) is 0 Å². The molecule has 0 radical (unpaired) electrons. The van der Waals surface area contributed by atoms with Crippen molar-refractivity contribution in [2.75, 3.05) is 24.3 Å². The second-order valence-corrected chi connectivity index (χ2v) is 5.46. The predicted molar refractivity (Wildman–Crippen MR) is 85.6 cm³/mol. The number of nitrogens with one attached hydrogen (secondary N) is 1. The quantitative estimate of drug-likeness (QED) is 0.890. The van der Waals surface area contributed by atoms with Crippen LogP contribution in [0, 0.1) is 12.7 Å². The molecule has 0 aromatic heterocycles. The molecule has 1 atom stereocenters. The maximum absolute atomic E-state index is 13.3. The van der Waals surface area contributed by atoms with Crippen molar-refractivity contribution in [3.05, 3.63) is 53.3 Å². The van der Waals surface area contributed by atoms with Crippen LogP contribution in [0.25, 0.3) is 0 Å². The van der Waals surface area contributed by atoms with Crippen LogP contribution < -0.4 is 10.2 Å². The van der Waals surface area contributed by atoms with Crippen molar-refractivity contribution in [2.24, 2.45) is 0 Å². The Morgan fingerprint density at radius 3 is 2.48 bits per heavy atom. The number of phenolic OH excluding ortho intramolecular Hbond substituents is 1. The van der Waals surface area contributed by atoms with Crippen molar-refractivity contribution in [3.8, 4) is 5.75 Å². The summed E-state index contributed by atoms with van der Waals surface area (Å²) in [5.74, 6) is -0.255. The van der Waals surface area contributed by atoms with E-state index in [1.54, 1.807) is 0 Å². The van der Waals surface area contributed by atoms with Crippen LogP contribution in [-0.4, -0.2) is 19.2 Å². The Bertz CT molecular complexity index is 641. The Hall–Kier alpha value is -2.23. The Labute approximate surface area is 125 Å². The van der Waals surface area contributed by atoms with E-state index in [0.29, 0.717) is 5.56 Å². The molecule has 0 saturated heterocycles. The molecule has 0 saturated carbocycles. The highest BCUT2D eigenvalue weighted by atomic mass is 19.1. The third-order valence-electron chi connectivity index (χ3n) is 3.55. The number of hydrogen-bond donors (Lipinski definition) is 2. The molecule has 0 spiro atoms. The van der Waals surface area contributed by atoms with E-state index in [2.05, 4.69) is 11.4 Å². The van der Waals surface area contributed by atoms with E-state index < -0.39 is 0 Å². The average Bonchev–Trinajstić information content (AvgIpc) is 2.43. The first kappa shape index (κ1) is 15.2. The first-order valence-electron chi connectivity index (χ1n) is 6.91. The van der Waals surface area contributed by atoms with Gasteiger partial charge in [-0.2, -0.15) is 0 Å². The van der Waals surface area contributed by atoms with Gasteiger partial charge >= 0.3 is 0 Å². The number of anilines is 2. The maximum atomic E-state index is 13.3. The lowest BCUT2D eigenvalue weighted by atomic mass is 10.1. The van der Waals surface area contributed by atoms with Gasteiger partial charge in [0, 0.05) is 31.0 Å². The van der Waals surface area contributed by atoms with Crippen molar-refractivity contribution >= 4 is 11.4 Å². The van der Waals surface area contributed by atoms with Crippen molar-refractivity contribution < 1.29 is 9.50 Å². The highest BCUT2D eigenvalue weighted by Gasteiger charge is 2.12. The van der Waals surface area contributed by atoms with E-state index in [1.165, 1.54) is 18.2 Å². The third kappa shape index (κ3) is 3.45. The van der Waals surface area contributed by atoms with Crippen molar-refractivity contribution in [2.45, 2.75) is 19.9 Å². The highest BCUT2D eigenvalue weighted by molar-refractivity contribution is 5.60. The zero-order valence-corrected chi connectivity index (χ0v) is 12.8. The van der Waals surface area contributed by atoms with Gasteiger partial charge in [-0.25, -0.2) is 4.39 Å². The summed E-state index contributed by atoms with van der Waals surface area (Å²) < 4.78 is 13.3. The molecule has 112 valence electrons. The topological polar surface area (TPSA) is 35.5 Å². The summed E-state index contributed by atoms with van der Waals surface area (Å²) in [5, 5.41) is 13.2. The van der Waals surface area contributed by atoms with E-state index in [1.807, 2.05) is 45.0 Å². The lowest BCUT2D eigenvalue weighted by Gasteiger charge is -2.20. The number of nitrogens with zero attached hydrogens (tertiary/aromatic N) is 1. The standard InChI is InChI=1S/C17H21FN2O/c1-11-9-14(20(3)4)6-7-16(11)19-12(2)15-10-13(18)5-8-17(15)21/h5-10,12,19,21H,1-4H3. The van der Waals surface area contributed by atoms with Crippen LogP contribution in [0.3, 0.4) is 0 Å². The molecule has 2 N–H and O–H groups in total. The first-order chi connectivity index (χ1) is 9.88. The van der Waals surface area contributed by atoms with Gasteiger partial charge in [0.15, 0.2) is 0 Å². The fourth-order valence-corrected chi connectivity index (χ4v) is 2.27. The molecule has 2 aromatic rings. The molecule has 0 heterocycles. The molecule has 0 bridgehead atoms. The molecule has 0 amide bonds. The van der Waals surface area contributed by atoms with Gasteiger partial charge in [0.2, 0.25) is 0 Å². The fourth-order valence-electron chi connectivity index (χ4n) is 2.27. The molecule has 0 aliphatic carbocycles. The second-order valence-electron chi connectivity index (χ2n) is 5.46. The highest BCUT2D eigenvalue weighted by Crippen LogP contribution is 2.29. The molecule has 3 nitrogen and oxygen atoms in total. The van der Waals surface area contributed by atoms with Crippen LogP contribution in [0.4, 0.5) is 15.8 Å². The Morgan fingerprint density at radius 1 is 1.14 bits per heavy atom. The van der Waals surface area contributed by atoms with Crippen LogP contribution in [0.5, 0.6) is 5.75 Å². The average molecular weight is 288 g/mol. The number of aromatic hydroxyl groups is 1. The van der Waals surface area contributed by atoms with Crippen molar-refractivity contribution in [3.63, 3.8) is 0 Å². The minimum atomic E-state index is -0.351. The van der Waals surface area contributed by atoms with Gasteiger partial charge in [-0.1, -0.05) is 0 Å². The van der Waals surface area contributed by atoms with E-state index in [-0.39, 0.29) is 17.6 Å². The van der Waals surface area contributed by atoms with Gasteiger partial charge in [0.05, 0.1) is 6.04 Å². The smallest absolute Gasteiger partial charge is 0.123 e. The Balaban J connectivity index is 2.23. The summed E-state index contributed by atoms with van der Waals surface area (Å²) in [5.41, 5.74) is 3.74. The Morgan fingerprint density at radius 2 is 1.86 bits per heavy atom. The Kier molecular flexibility index (Phi) is 4.36. The summed E-state index contributed by atoms with van der Waals surface area (Å²) in [6.07, 6.45) is 0. The van der Waals surface area contributed by atoms with E-state index in [0.717, 1.165) is 16.9 Å². The number of hydrogen-bond acceptors (Lipinski definition) is 3. The third-order valence-corrected chi connectivity index (χ3v) is 3.55. The molecule has 4 heteroatoms. The van der Waals surface area contributed by atoms with E-state index in [9.17, 15) is 9.50 Å². The van der Waals surface area contributed by atoms with Crippen LogP contribution in [0.2, 0.25) is 0 Å². The first-order valence-corrected chi connectivity index (χ1v) is 6.91. The van der Waals surface area contributed by atoms with Gasteiger partial charge < -0.3 is 15.3 Å². The fraction of sp³-hybridized carbons (Fsp3) is 0.294. The van der Waals surface area contributed by atoms with Crippen molar-refractivity contribution in [1.82, 2.24) is 0 Å². The molecule has 1 unspecified atom stereocenters. The van der Waals surface area contributed by atoms with Gasteiger partial charge in [0.25, 0.3) is 0 Å². The van der Waals surface area contributed by atoms with Crippen LogP contribution in [0.1, 0.15) is 24.1 Å². The summed E-state index contributed by atoms with van der Waals surface area (Å²) in [6, 6.07) is 9.90. The number of rotatable bonds is 4. The number of phenols is 1. The second kappa shape index (κ2) is 6.04. The summed E-state index contributed by atoms with van der Waals surface area (Å²) in [4.78, 5) is 2.04. The molecule has 2 aromatic carbocycles. The summed E-state index contributed by atoms with van der Waals surface area (Å²) in [6.45, 7) is 3.92. The molecular weight excluding hydrogens is 267 g/mol. The molecular formula is C17H21FN2O. The number of aryl methyl sites for hydroxylation is 1. The zero-order chi connectivity index (χ0) is 15.6. The minimum Gasteiger partial charge on any atom is -0.508 e. The lowest BCUT2D eigenvalue weighted by Crippen LogP contribution is -2.11. The van der Waals surface area contributed by atoms with Crippen LogP contribution in [-0.2, 0) is 0 Å². The molecule has 0 fully saturated rings. The summed E-state index contributed by atoms with van der Waals surface area (Å²) in [7, 11) is 3.99. The predicted octanol–water partition coefficient (Wildman–Crippen LogP) is 4.08. The van der Waals surface area contributed by atoms with Crippen LogP contribution in [0.15, 0.2) is 36.4 Å². The van der Waals surface area contributed by atoms with Gasteiger partial charge in [0.1, 0.15) is 11.6 Å². The molecule has 0 aliphatic rings. The molecule has 21 heavy (non-hydrogen) atoms.